The molecule has 0 aliphatic heterocycles. The van der Waals surface area contributed by atoms with Crippen molar-refractivity contribution >= 4 is 12.1 Å². The van der Waals surface area contributed by atoms with Crippen LogP contribution in [0, 0.1) is 0 Å². The molecule has 0 bridgehead atoms. The Labute approximate surface area is 255 Å². The molecule has 41 heavy (non-hydrogen) atoms. The van der Waals surface area contributed by atoms with Crippen LogP contribution in [-0.2, 0) is 14.3 Å². The van der Waals surface area contributed by atoms with Crippen LogP contribution in [0.25, 0.3) is 0 Å². The van der Waals surface area contributed by atoms with E-state index in [0.717, 1.165) is 51.7 Å². The number of nitrogens with one attached hydrogen (secondary N) is 1. The van der Waals surface area contributed by atoms with Crippen LogP contribution in [0.2, 0.25) is 0 Å². The van der Waals surface area contributed by atoms with Crippen molar-refractivity contribution in [3.8, 4) is 0 Å². The van der Waals surface area contributed by atoms with E-state index in [-0.39, 0.29) is 18.2 Å². The van der Waals surface area contributed by atoms with Crippen LogP contribution in [0.3, 0.4) is 0 Å². The van der Waals surface area contributed by atoms with E-state index in [9.17, 15) is 9.59 Å². The van der Waals surface area contributed by atoms with Gasteiger partial charge in [0, 0.05) is 13.0 Å². The lowest BCUT2D eigenvalue weighted by atomic mass is 10.1. The third-order valence-electron chi connectivity index (χ3n) is 7.64. The van der Waals surface area contributed by atoms with Crippen LogP contribution >= 0.6 is 0 Å². The molecular formula is C35H70N2O4. The Morgan fingerprint density at radius 1 is 0.659 bits per heavy atom. The summed E-state index contributed by atoms with van der Waals surface area (Å²) in [6, 6.07) is 0. The van der Waals surface area contributed by atoms with Crippen LogP contribution in [0.4, 0.5) is 4.79 Å². The van der Waals surface area contributed by atoms with Gasteiger partial charge in [0.15, 0.2) is 0 Å². The first-order valence-electron chi connectivity index (χ1n) is 17.6. The van der Waals surface area contributed by atoms with Gasteiger partial charge < -0.3 is 19.7 Å². The number of carbonyl (C=O) groups is 2. The van der Waals surface area contributed by atoms with E-state index in [1.54, 1.807) is 0 Å². The largest absolute Gasteiger partial charge is 0.462 e. The van der Waals surface area contributed by atoms with Crippen molar-refractivity contribution in [2.45, 2.75) is 188 Å². The molecule has 0 saturated heterocycles. The molecule has 6 nitrogen and oxygen atoms in total. The molecule has 1 N–H and O–H groups in total. The van der Waals surface area contributed by atoms with Crippen molar-refractivity contribution in [3.05, 3.63) is 0 Å². The summed E-state index contributed by atoms with van der Waals surface area (Å²) in [5.74, 6) is -0.00654. The monoisotopic (exact) mass is 583 g/mol. The van der Waals surface area contributed by atoms with Crippen LogP contribution in [0.5, 0.6) is 0 Å². The smallest absolute Gasteiger partial charge is 0.407 e. The number of ether oxygens (including phenoxy) is 2. The Morgan fingerprint density at radius 2 is 1.15 bits per heavy atom. The molecule has 1 amide bonds. The van der Waals surface area contributed by atoms with Gasteiger partial charge in [-0.2, -0.15) is 0 Å². The molecule has 1 atom stereocenters. The average Bonchev–Trinajstić information content (AvgIpc) is 2.92. The van der Waals surface area contributed by atoms with Gasteiger partial charge in [-0.25, -0.2) is 4.79 Å². The molecule has 0 radical (unpaired) electrons. The second-order valence-corrected chi connectivity index (χ2v) is 13.0. The first kappa shape index (κ1) is 39.7. The van der Waals surface area contributed by atoms with Crippen molar-refractivity contribution in [2.75, 3.05) is 26.2 Å². The summed E-state index contributed by atoms with van der Waals surface area (Å²) in [6.07, 6.45) is 24.4. The van der Waals surface area contributed by atoms with Gasteiger partial charge in [-0.05, 0) is 85.4 Å². The molecule has 1 unspecified atom stereocenters. The Bertz CT molecular complexity index is 605. The molecule has 0 fully saturated rings. The van der Waals surface area contributed by atoms with E-state index in [2.05, 4.69) is 31.0 Å². The zero-order valence-electron chi connectivity index (χ0n) is 28.3. The molecule has 0 aromatic heterocycles. The number of amides is 1. The number of rotatable bonds is 28. The average molecular weight is 583 g/mol. The maximum atomic E-state index is 12.3. The molecule has 0 aliphatic rings. The lowest BCUT2D eigenvalue weighted by Gasteiger charge is -2.23. The Kier molecular flexibility index (Phi) is 26.7. The molecule has 0 aromatic rings. The fraction of sp³-hybridized carbons (Fsp3) is 0.943. The minimum atomic E-state index is -0.459. The second-order valence-electron chi connectivity index (χ2n) is 13.0. The van der Waals surface area contributed by atoms with Gasteiger partial charge in [0.1, 0.15) is 11.7 Å². The van der Waals surface area contributed by atoms with Crippen molar-refractivity contribution in [1.82, 2.24) is 10.2 Å². The van der Waals surface area contributed by atoms with Gasteiger partial charge in [0.25, 0.3) is 0 Å². The van der Waals surface area contributed by atoms with Crippen molar-refractivity contribution < 1.29 is 19.1 Å². The van der Waals surface area contributed by atoms with Gasteiger partial charge in [-0.3, -0.25) is 4.79 Å². The minimum Gasteiger partial charge on any atom is -0.462 e. The summed E-state index contributed by atoms with van der Waals surface area (Å²) in [5, 5.41) is 2.89. The van der Waals surface area contributed by atoms with Gasteiger partial charge in [-0.15, -0.1) is 0 Å². The van der Waals surface area contributed by atoms with Gasteiger partial charge in [-0.1, -0.05) is 104 Å². The highest BCUT2D eigenvalue weighted by molar-refractivity contribution is 5.69. The van der Waals surface area contributed by atoms with Gasteiger partial charge in [0.05, 0.1) is 0 Å². The molecule has 0 heterocycles. The normalized spacial score (nSPS) is 12.5. The van der Waals surface area contributed by atoms with E-state index < -0.39 is 5.60 Å². The Balaban J connectivity index is 4.12. The molecular weight excluding hydrogens is 512 g/mol. The number of unbranched alkanes of at least 4 members (excludes halogenated alkanes) is 14. The van der Waals surface area contributed by atoms with Crippen LogP contribution < -0.4 is 5.32 Å². The SMILES string of the molecule is CCCCCCCCC(CC)OC(=O)CCCCCCCN(CCCCCCCC)CCCNC(=O)OC(C)(C)C. The summed E-state index contributed by atoms with van der Waals surface area (Å²) in [7, 11) is 0. The predicted octanol–water partition coefficient (Wildman–Crippen LogP) is 9.98. The molecule has 244 valence electrons. The summed E-state index contributed by atoms with van der Waals surface area (Å²) in [4.78, 5) is 26.8. The lowest BCUT2D eigenvalue weighted by molar-refractivity contribution is -0.149. The quantitative estimate of drug-likeness (QED) is 0.0734. The number of nitrogens with zero attached hydrogens (tertiary/aromatic N) is 1. The number of alkyl carbamates (subject to hydrolysis) is 1. The molecule has 0 aliphatic carbocycles. The summed E-state index contributed by atoms with van der Waals surface area (Å²) in [6.45, 7) is 16.2. The van der Waals surface area contributed by atoms with E-state index in [1.807, 2.05) is 20.8 Å². The van der Waals surface area contributed by atoms with Gasteiger partial charge >= 0.3 is 12.1 Å². The van der Waals surface area contributed by atoms with Crippen LogP contribution in [-0.4, -0.2) is 54.8 Å². The zero-order chi connectivity index (χ0) is 30.6. The maximum absolute atomic E-state index is 12.3. The maximum Gasteiger partial charge on any atom is 0.407 e. The summed E-state index contributed by atoms with van der Waals surface area (Å²) in [5.41, 5.74) is -0.459. The summed E-state index contributed by atoms with van der Waals surface area (Å²) >= 11 is 0. The van der Waals surface area contributed by atoms with Crippen LogP contribution in [0.15, 0.2) is 0 Å². The second kappa shape index (κ2) is 27.5. The Morgan fingerprint density at radius 3 is 1.68 bits per heavy atom. The third-order valence-corrected chi connectivity index (χ3v) is 7.64. The molecule has 6 heteroatoms. The minimum absolute atomic E-state index is 0.00654. The van der Waals surface area contributed by atoms with E-state index in [1.165, 1.54) is 96.3 Å². The van der Waals surface area contributed by atoms with Crippen molar-refractivity contribution in [3.63, 3.8) is 0 Å². The standard InChI is InChI=1S/C35H70N2O4/c1-7-10-12-14-17-21-26-32(9-3)40-33(38)27-22-18-16-20-24-30-37(29-23-19-15-13-11-8-2)31-25-28-36-34(39)41-35(4,5)6/h32H,7-31H2,1-6H3,(H,36,39). The number of esters is 1. The lowest BCUT2D eigenvalue weighted by Crippen LogP contribution is -2.35. The van der Waals surface area contributed by atoms with E-state index >= 15 is 0 Å². The number of hydrogen-bond donors (Lipinski definition) is 1. The van der Waals surface area contributed by atoms with E-state index in [0.29, 0.717) is 13.0 Å². The molecule has 0 aromatic carbocycles. The molecule has 0 rings (SSSR count). The Hall–Kier alpha value is -1.30. The fourth-order valence-corrected chi connectivity index (χ4v) is 5.14. The number of hydrogen-bond acceptors (Lipinski definition) is 5. The van der Waals surface area contributed by atoms with Crippen molar-refractivity contribution in [2.24, 2.45) is 0 Å². The van der Waals surface area contributed by atoms with Crippen LogP contribution in [0.1, 0.15) is 176 Å². The number of carbonyl (C=O) groups excluding carboxylic acids is 2. The first-order valence-corrected chi connectivity index (χ1v) is 17.6. The predicted molar refractivity (Wildman–Crippen MR) is 175 cm³/mol. The molecule has 0 saturated carbocycles. The topological polar surface area (TPSA) is 67.9 Å². The highest BCUT2D eigenvalue weighted by Crippen LogP contribution is 2.15. The van der Waals surface area contributed by atoms with Gasteiger partial charge in [0.2, 0.25) is 0 Å². The molecule has 0 spiro atoms. The first-order chi connectivity index (χ1) is 19.7. The van der Waals surface area contributed by atoms with Crippen molar-refractivity contribution in [1.29, 1.82) is 0 Å². The summed E-state index contributed by atoms with van der Waals surface area (Å²) < 4.78 is 11.1. The highest BCUT2D eigenvalue weighted by atomic mass is 16.6. The zero-order valence-corrected chi connectivity index (χ0v) is 28.3. The third kappa shape index (κ3) is 28.6. The van der Waals surface area contributed by atoms with E-state index in [4.69, 9.17) is 9.47 Å². The highest BCUT2D eigenvalue weighted by Gasteiger charge is 2.16. The fourth-order valence-electron chi connectivity index (χ4n) is 5.14.